The van der Waals surface area contributed by atoms with Crippen molar-refractivity contribution in [2.75, 3.05) is 12.0 Å². The number of rotatable bonds is 4. The summed E-state index contributed by atoms with van der Waals surface area (Å²) in [6, 6.07) is 14.0. The van der Waals surface area contributed by atoms with Crippen LogP contribution in [0.2, 0.25) is 0 Å². The van der Waals surface area contributed by atoms with Crippen LogP contribution in [0.4, 0.5) is 28.4 Å². The highest BCUT2D eigenvalue weighted by atomic mass is 32.1. The summed E-state index contributed by atoms with van der Waals surface area (Å²) < 4.78 is 59.5. The SMILES string of the molecule is COc1ccc(N(C(=O)c2ccc(C(F)(F)F)cc2F)c2nc3ccccc3s2)cc1C. The molecular formula is C23H16F4N2O2S. The lowest BCUT2D eigenvalue weighted by atomic mass is 10.1. The number of alkyl halides is 3. The molecule has 1 heterocycles. The molecule has 9 heteroatoms. The monoisotopic (exact) mass is 460 g/mol. The molecule has 0 atom stereocenters. The Kier molecular flexibility index (Phi) is 5.60. The van der Waals surface area contributed by atoms with Crippen molar-refractivity contribution in [2.45, 2.75) is 13.1 Å². The van der Waals surface area contributed by atoms with Crippen LogP contribution < -0.4 is 9.64 Å². The van der Waals surface area contributed by atoms with E-state index in [2.05, 4.69) is 4.98 Å². The number of ether oxygens (including phenoxy) is 1. The molecule has 0 N–H and O–H groups in total. The number of benzene rings is 3. The number of aromatic nitrogens is 1. The fraction of sp³-hybridized carbons (Fsp3) is 0.130. The zero-order valence-electron chi connectivity index (χ0n) is 16.9. The van der Waals surface area contributed by atoms with Crippen molar-refractivity contribution in [1.82, 2.24) is 4.98 Å². The highest BCUT2D eigenvalue weighted by Gasteiger charge is 2.33. The lowest BCUT2D eigenvalue weighted by Crippen LogP contribution is -2.27. The maximum Gasteiger partial charge on any atom is 0.416 e. The number of fused-ring (bicyclic) bond motifs is 1. The molecule has 3 aromatic carbocycles. The predicted molar refractivity (Wildman–Crippen MR) is 115 cm³/mol. The smallest absolute Gasteiger partial charge is 0.416 e. The van der Waals surface area contributed by atoms with Gasteiger partial charge >= 0.3 is 6.18 Å². The average molecular weight is 460 g/mol. The van der Waals surface area contributed by atoms with Gasteiger partial charge in [-0.2, -0.15) is 13.2 Å². The second-order valence-corrected chi connectivity index (χ2v) is 7.96. The Morgan fingerprint density at radius 2 is 1.81 bits per heavy atom. The van der Waals surface area contributed by atoms with Crippen LogP contribution in [0.1, 0.15) is 21.5 Å². The molecule has 0 fully saturated rings. The van der Waals surface area contributed by atoms with E-state index in [1.807, 2.05) is 12.1 Å². The third kappa shape index (κ3) is 4.03. The van der Waals surface area contributed by atoms with E-state index in [-0.39, 0.29) is 5.13 Å². The lowest BCUT2D eigenvalue weighted by molar-refractivity contribution is -0.137. The van der Waals surface area contributed by atoms with Crippen LogP contribution in [0.15, 0.2) is 60.7 Å². The second kappa shape index (κ2) is 8.23. The highest BCUT2D eigenvalue weighted by Crippen LogP contribution is 2.37. The van der Waals surface area contributed by atoms with Gasteiger partial charge in [0.2, 0.25) is 0 Å². The van der Waals surface area contributed by atoms with Gasteiger partial charge < -0.3 is 4.74 Å². The number of carbonyl (C=O) groups is 1. The number of amides is 1. The van der Waals surface area contributed by atoms with Gasteiger partial charge in [0.1, 0.15) is 11.6 Å². The molecule has 1 amide bonds. The van der Waals surface area contributed by atoms with E-state index in [0.29, 0.717) is 29.1 Å². The summed E-state index contributed by atoms with van der Waals surface area (Å²) in [5, 5.41) is 0.264. The lowest BCUT2D eigenvalue weighted by Gasteiger charge is -2.22. The van der Waals surface area contributed by atoms with Crippen molar-refractivity contribution in [1.29, 1.82) is 0 Å². The normalized spacial score (nSPS) is 11.6. The van der Waals surface area contributed by atoms with E-state index < -0.39 is 29.0 Å². The quantitative estimate of drug-likeness (QED) is 0.317. The molecular weight excluding hydrogens is 444 g/mol. The highest BCUT2D eigenvalue weighted by molar-refractivity contribution is 7.22. The number of para-hydroxylation sites is 1. The number of nitrogens with zero attached hydrogens (tertiary/aromatic N) is 2. The minimum atomic E-state index is -4.72. The number of methoxy groups -OCH3 is 1. The van der Waals surface area contributed by atoms with Crippen LogP contribution in [0.5, 0.6) is 5.75 Å². The number of aryl methyl sites for hydroxylation is 1. The number of halogens is 4. The summed E-state index contributed by atoms with van der Waals surface area (Å²) in [5.41, 5.74) is 0.0796. The van der Waals surface area contributed by atoms with Gasteiger partial charge in [0.05, 0.1) is 34.1 Å². The predicted octanol–water partition coefficient (Wildman–Crippen LogP) is 6.75. The van der Waals surface area contributed by atoms with Crippen LogP contribution in [0, 0.1) is 12.7 Å². The third-order valence-electron chi connectivity index (χ3n) is 4.84. The molecule has 164 valence electrons. The van der Waals surface area contributed by atoms with Crippen LogP contribution >= 0.6 is 11.3 Å². The van der Waals surface area contributed by atoms with Gasteiger partial charge in [0.25, 0.3) is 5.91 Å². The molecule has 4 rings (SSSR count). The molecule has 0 saturated carbocycles. The number of hydrogen-bond donors (Lipinski definition) is 0. The van der Waals surface area contributed by atoms with E-state index in [4.69, 9.17) is 4.74 Å². The first-order chi connectivity index (χ1) is 15.2. The summed E-state index contributed by atoms with van der Waals surface area (Å²) in [7, 11) is 1.51. The van der Waals surface area contributed by atoms with E-state index in [0.717, 1.165) is 16.3 Å². The van der Waals surface area contributed by atoms with Crippen molar-refractivity contribution in [2.24, 2.45) is 0 Å². The van der Waals surface area contributed by atoms with Crippen molar-refractivity contribution in [3.63, 3.8) is 0 Å². The van der Waals surface area contributed by atoms with Crippen LogP contribution in [-0.2, 0) is 6.18 Å². The molecule has 0 bridgehead atoms. The molecule has 0 unspecified atom stereocenters. The average Bonchev–Trinajstić information content (AvgIpc) is 3.16. The fourth-order valence-electron chi connectivity index (χ4n) is 3.26. The third-order valence-corrected chi connectivity index (χ3v) is 5.86. The van der Waals surface area contributed by atoms with Gasteiger partial charge in [-0.15, -0.1) is 0 Å². The summed E-state index contributed by atoms with van der Waals surface area (Å²) in [6.07, 6.45) is -4.72. The van der Waals surface area contributed by atoms with Crippen LogP contribution in [-0.4, -0.2) is 18.0 Å². The number of carbonyl (C=O) groups excluding carboxylic acids is 1. The van der Waals surface area contributed by atoms with Gasteiger partial charge in [-0.3, -0.25) is 9.69 Å². The van der Waals surface area contributed by atoms with Crippen LogP contribution in [0.25, 0.3) is 10.2 Å². The standard InChI is InChI=1S/C23H16F4N2O2S/c1-13-11-15(8-10-19(13)31-2)29(22-28-18-5-3-4-6-20(18)32-22)21(30)16-9-7-14(12-17(16)24)23(25,26)27/h3-12H,1-2H3. The second-order valence-electron chi connectivity index (χ2n) is 6.95. The van der Waals surface area contributed by atoms with Crippen molar-refractivity contribution in [3.05, 3.63) is 83.2 Å². The Hall–Kier alpha value is -3.46. The van der Waals surface area contributed by atoms with E-state index >= 15 is 0 Å². The van der Waals surface area contributed by atoms with Crippen molar-refractivity contribution in [3.8, 4) is 5.75 Å². The Morgan fingerprint density at radius 3 is 2.44 bits per heavy atom. The van der Waals surface area contributed by atoms with Crippen LogP contribution in [0.3, 0.4) is 0 Å². The molecule has 4 aromatic rings. The molecule has 0 aliphatic rings. The summed E-state index contributed by atoms with van der Waals surface area (Å²) >= 11 is 1.21. The molecule has 32 heavy (non-hydrogen) atoms. The van der Waals surface area contributed by atoms with Gasteiger partial charge in [-0.05, 0) is 61.0 Å². The minimum Gasteiger partial charge on any atom is -0.496 e. The maximum absolute atomic E-state index is 14.6. The Labute approximate surface area is 184 Å². The summed E-state index contributed by atoms with van der Waals surface area (Å²) in [4.78, 5) is 19.1. The molecule has 0 saturated heterocycles. The number of hydrogen-bond acceptors (Lipinski definition) is 4. The first kappa shape index (κ1) is 21.8. The Balaban J connectivity index is 1.85. The van der Waals surface area contributed by atoms with Crippen molar-refractivity contribution >= 4 is 38.3 Å². The van der Waals surface area contributed by atoms with Gasteiger partial charge in [-0.1, -0.05) is 23.5 Å². The first-order valence-corrected chi connectivity index (χ1v) is 10.2. The zero-order valence-corrected chi connectivity index (χ0v) is 17.7. The molecule has 4 nitrogen and oxygen atoms in total. The topological polar surface area (TPSA) is 42.4 Å². The molecule has 0 aliphatic carbocycles. The first-order valence-electron chi connectivity index (χ1n) is 9.40. The fourth-order valence-corrected chi connectivity index (χ4v) is 4.24. The Morgan fingerprint density at radius 1 is 1.06 bits per heavy atom. The van der Waals surface area contributed by atoms with Crippen molar-refractivity contribution < 1.29 is 27.1 Å². The van der Waals surface area contributed by atoms with E-state index in [1.54, 1.807) is 37.3 Å². The molecule has 0 aliphatic heterocycles. The number of anilines is 2. The molecule has 0 radical (unpaired) electrons. The van der Waals surface area contributed by atoms with Gasteiger partial charge in [0.15, 0.2) is 5.13 Å². The minimum absolute atomic E-state index is 0.264. The largest absolute Gasteiger partial charge is 0.496 e. The number of thiazole rings is 1. The summed E-state index contributed by atoms with van der Waals surface area (Å²) in [5.74, 6) is -1.51. The van der Waals surface area contributed by atoms with E-state index in [9.17, 15) is 22.4 Å². The zero-order chi connectivity index (χ0) is 23.0. The van der Waals surface area contributed by atoms with E-state index in [1.165, 1.54) is 23.3 Å². The molecule has 1 aromatic heterocycles. The Bertz CT molecular complexity index is 1280. The van der Waals surface area contributed by atoms with Gasteiger partial charge in [-0.25, -0.2) is 9.37 Å². The molecule has 0 spiro atoms. The summed E-state index contributed by atoms with van der Waals surface area (Å²) in [6.45, 7) is 1.78. The van der Waals surface area contributed by atoms with Gasteiger partial charge in [0, 0.05) is 0 Å². The maximum atomic E-state index is 14.6.